The van der Waals surface area contributed by atoms with E-state index < -0.39 is 49.5 Å². The van der Waals surface area contributed by atoms with Gasteiger partial charge in [-0.2, -0.15) is 0 Å². The molecular weight excluding hydrogens is 859 g/mol. The summed E-state index contributed by atoms with van der Waals surface area (Å²) in [5.41, 5.74) is 0. The van der Waals surface area contributed by atoms with Crippen molar-refractivity contribution in [3.05, 3.63) is 48.6 Å². The van der Waals surface area contributed by atoms with Gasteiger partial charge in [0.1, 0.15) is 24.4 Å². The second-order valence-corrected chi connectivity index (χ2v) is 19.3. The summed E-state index contributed by atoms with van der Waals surface area (Å²) in [4.78, 5) is 25.0. The molecule has 0 saturated carbocycles. The highest BCUT2D eigenvalue weighted by atomic mass is 16.7. The van der Waals surface area contributed by atoms with Gasteiger partial charge in [-0.25, -0.2) is 0 Å². The second-order valence-electron chi connectivity index (χ2n) is 19.3. The number of amides is 1. The van der Waals surface area contributed by atoms with E-state index in [1.54, 1.807) is 6.08 Å². The zero-order chi connectivity index (χ0) is 49.6. The van der Waals surface area contributed by atoms with Crippen molar-refractivity contribution in [3.63, 3.8) is 0 Å². The number of carbonyl (C=O) groups excluding carboxylic acids is 2. The highest BCUT2D eigenvalue weighted by Gasteiger charge is 2.44. The molecule has 0 radical (unpaired) electrons. The van der Waals surface area contributed by atoms with Crippen LogP contribution in [0.5, 0.6) is 0 Å². The third-order valence-electron chi connectivity index (χ3n) is 12.9. The molecule has 0 aliphatic carbocycles. The minimum Gasteiger partial charge on any atom is -0.466 e. The third kappa shape index (κ3) is 36.5. The van der Waals surface area contributed by atoms with Crippen molar-refractivity contribution in [1.29, 1.82) is 0 Å². The average molecular weight is 962 g/mol. The predicted molar refractivity (Wildman–Crippen MR) is 278 cm³/mol. The minimum absolute atomic E-state index is 0.0317. The number of carbonyl (C=O) groups is 2. The Labute approximate surface area is 415 Å². The van der Waals surface area contributed by atoms with Gasteiger partial charge in [-0.1, -0.05) is 191 Å². The summed E-state index contributed by atoms with van der Waals surface area (Å²) in [6, 6.07) is -0.846. The second kappa shape index (κ2) is 47.0. The summed E-state index contributed by atoms with van der Waals surface area (Å²) in [5, 5.41) is 54.3. The monoisotopic (exact) mass is 962 g/mol. The van der Waals surface area contributed by atoms with Crippen molar-refractivity contribution in [2.24, 2.45) is 0 Å². The van der Waals surface area contributed by atoms with E-state index in [9.17, 15) is 35.1 Å². The lowest BCUT2D eigenvalue weighted by Crippen LogP contribution is -2.60. The van der Waals surface area contributed by atoms with Gasteiger partial charge in [0.15, 0.2) is 6.29 Å². The van der Waals surface area contributed by atoms with Crippen molar-refractivity contribution < 1.29 is 49.3 Å². The number of aliphatic hydroxyl groups is 5. The first-order valence-corrected chi connectivity index (χ1v) is 27.9. The fourth-order valence-electron chi connectivity index (χ4n) is 8.40. The molecule has 396 valence electrons. The van der Waals surface area contributed by atoms with Crippen LogP contribution in [-0.2, 0) is 23.8 Å². The van der Waals surface area contributed by atoms with Gasteiger partial charge in [0.25, 0.3) is 0 Å². The molecule has 0 bridgehead atoms. The summed E-state index contributed by atoms with van der Waals surface area (Å²) >= 11 is 0. The molecule has 1 heterocycles. The number of aliphatic hydroxyl groups excluding tert-OH is 5. The van der Waals surface area contributed by atoms with Gasteiger partial charge in [0, 0.05) is 12.8 Å². The predicted octanol–water partition coefficient (Wildman–Crippen LogP) is 12.1. The van der Waals surface area contributed by atoms with Gasteiger partial charge in [-0.15, -0.1) is 0 Å². The van der Waals surface area contributed by atoms with E-state index in [2.05, 4.69) is 55.6 Å². The van der Waals surface area contributed by atoms with E-state index in [-0.39, 0.29) is 18.5 Å². The molecule has 11 heteroatoms. The largest absolute Gasteiger partial charge is 0.466 e. The Balaban J connectivity index is 2.20. The van der Waals surface area contributed by atoms with E-state index in [1.807, 2.05) is 6.08 Å². The molecular formula is C57H103NO10. The number of hydrogen-bond donors (Lipinski definition) is 6. The smallest absolute Gasteiger partial charge is 0.305 e. The molecule has 7 atom stereocenters. The number of rotatable bonds is 47. The molecule has 1 aliphatic rings. The van der Waals surface area contributed by atoms with Crippen LogP contribution in [0.1, 0.15) is 239 Å². The van der Waals surface area contributed by atoms with Crippen molar-refractivity contribution in [2.75, 3.05) is 19.8 Å². The maximum atomic E-state index is 13.0. The lowest BCUT2D eigenvalue weighted by Gasteiger charge is -2.40. The first-order chi connectivity index (χ1) is 33.2. The highest BCUT2D eigenvalue weighted by Crippen LogP contribution is 2.23. The number of ether oxygens (including phenoxy) is 3. The van der Waals surface area contributed by atoms with E-state index in [0.29, 0.717) is 25.9 Å². The Morgan fingerprint density at radius 2 is 0.956 bits per heavy atom. The molecule has 1 amide bonds. The van der Waals surface area contributed by atoms with Crippen molar-refractivity contribution in [3.8, 4) is 0 Å². The van der Waals surface area contributed by atoms with Gasteiger partial charge in [0.05, 0.1) is 32.0 Å². The van der Waals surface area contributed by atoms with E-state index in [0.717, 1.165) is 89.9 Å². The van der Waals surface area contributed by atoms with E-state index in [4.69, 9.17) is 14.2 Å². The lowest BCUT2D eigenvalue weighted by molar-refractivity contribution is -0.302. The fraction of sp³-hybridized carbons (Fsp3) is 0.825. The van der Waals surface area contributed by atoms with Crippen LogP contribution in [0.2, 0.25) is 0 Å². The van der Waals surface area contributed by atoms with Gasteiger partial charge in [-0.3, -0.25) is 9.59 Å². The number of esters is 1. The number of nitrogens with one attached hydrogen (secondary N) is 1. The maximum Gasteiger partial charge on any atom is 0.305 e. The molecule has 0 spiro atoms. The Hall–Kier alpha value is -2.38. The molecule has 1 saturated heterocycles. The zero-order valence-corrected chi connectivity index (χ0v) is 43.3. The normalized spacial score (nSPS) is 19.8. The van der Waals surface area contributed by atoms with Crippen molar-refractivity contribution in [1.82, 2.24) is 5.32 Å². The summed E-state index contributed by atoms with van der Waals surface area (Å²) < 4.78 is 16.6. The van der Waals surface area contributed by atoms with Crippen LogP contribution >= 0.6 is 0 Å². The molecule has 1 rings (SSSR count). The number of allylic oxidation sites excluding steroid dienone is 7. The maximum absolute atomic E-state index is 13.0. The Bertz CT molecular complexity index is 1270. The quantitative estimate of drug-likeness (QED) is 0.0196. The van der Waals surface area contributed by atoms with Crippen molar-refractivity contribution in [2.45, 2.75) is 281 Å². The summed E-state index contributed by atoms with van der Waals surface area (Å²) in [7, 11) is 0. The van der Waals surface area contributed by atoms with Crippen LogP contribution in [0.4, 0.5) is 0 Å². The molecule has 1 fully saturated rings. The van der Waals surface area contributed by atoms with E-state index in [1.165, 1.54) is 116 Å². The van der Waals surface area contributed by atoms with Crippen LogP contribution in [0.25, 0.3) is 0 Å². The number of hydrogen-bond acceptors (Lipinski definition) is 10. The topological polar surface area (TPSA) is 175 Å². The van der Waals surface area contributed by atoms with Crippen LogP contribution in [0, 0.1) is 0 Å². The average Bonchev–Trinajstić information content (AvgIpc) is 3.33. The zero-order valence-electron chi connectivity index (χ0n) is 43.3. The molecule has 0 aromatic carbocycles. The highest BCUT2D eigenvalue weighted by molar-refractivity contribution is 5.76. The molecule has 0 aromatic rings. The van der Waals surface area contributed by atoms with Gasteiger partial charge in [-0.05, 0) is 83.5 Å². The Morgan fingerprint density at radius 3 is 1.47 bits per heavy atom. The summed E-state index contributed by atoms with van der Waals surface area (Å²) in [6.07, 6.45) is 47.6. The molecule has 68 heavy (non-hydrogen) atoms. The van der Waals surface area contributed by atoms with Crippen LogP contribution < -0.4 is 5.32 Å². The molecule has 1 aliphatic heterocycles. The third-order valence-corrected chi connectivity index (χ3v) is 12.9. The minimum atomic E-state index is -1.59. The summed E-state index contributed by atoms with van der Waals surface area (Å²) in [6.45, 7) is 4.24. The molecule has 0 aromatic heterocycles. The Kier molecular flexibility index (Phi) is 44.0. The van der Waals surface area contributed by atoms with Crippen molar-refractivity contribution >= 4 is 11.9 Å². The SMILES string of the molecule is CCCCCC/C=C/CC/C=C/CC/C=C/C(O)C(COC1OC(CO)C(O)C(O)C1O)NC(=O)CCCCCCCCC/C=C\CCCCCCOC(=O)CCCCCCCCCCCCC. The van der Waals surface area contributed by atoms with E-state index >= 15 is 0 Å². The Morgan fingerprint density at radius 1 is 0.529 bits per heavy atom. The standard InChI is InChI=1S/C57H103NO10/c1-3-5-7-9-11-13-15-16-20-24-27-31-35-39-43-50(60)49(48-67-57-56(65)55(64)54(63)51(47-59)68-57)58-52(61)44-40-36-32-28-25-21-18-17-19-22-26-30-34-38-42-46-66-53(62)45-41-37-33-29-23-14-12-10-8-6-4-2/h13,15,19,22,24,27,39,43,49-51,54-57,59-60,63-65H,3-12,14,16-18,20-21,23,25-26,28-38,40-42,44-48H2,1-2H3,(H,58,61)/b15-13+,22-19-,27-24+,43-39+. The first-order valence-electron chi connectivity index (χ1n) is 27.9. The number of unbranched alkanes of at least 4 members (excludes halogenated alkanes) is 27. The van der Waals surface area contributed by atoms with Gasteiger partial charge < -0.3 is 45.1 Å². The molecule has 11 nitrogen and oxygen atoms in total. The van der Waals surface area contributed by atoms with Crippen LogP contribution in [0.15, 0.2) is 48.6 Å². The van der Waals surface area contributed by atoms with Crippen LogP contribution in [-0.4, -0.2) is 100 Å². The molecule has 7 unspecified atom stereocenters. The van der Waals surface area contributed by atoms with Gasteiger partial charge in [0.2, 0.25) is 5.91 Å². The summed E-state index contributed by atoms with van der Waals surface area (Å²) in [5.74, 6) is -0.244. The fourth-order valence-corrected chi connectivity index (χ4v) is 8.40. The van der Waals surface area contributed by atoms with Gasteiger partial charge >= 0.3 is 5.97 Å². The lowest BCUT2D eigenvalue weighted by atomic mass is 9.99. The van der Waals surface area contributed by atoms with Crippen LogP contribution in [0.3, 0.4) is 0 Å². The first kappa shape index (κ1) is 63.6. The molecule has 6 N–H and O–H groups in total.